The highest BCUT2D eigenvalue weighted by molar-refractivity contribution is 7.89. The summed E-state index contributed by atoms with van der Waals surface area (Å²) in [6, 6.07) is 4.07. The molecular weight excluding hydrogens is 294 g/mol. The van der Waals surface area contributed by atoms with Gasteiger partial charge in [-0.05, 0) is 25.0 Å². The van der Waals surface area contributed by atoms with Gasteiger partial charge in [-0.2, -0.15) is 0 Å². The third-order valence-electron chi connectivity index (χ3n) is 3.70. The molecule has 2 atom stereocenters. The van der Waals surface area contributed by atoms with Crippen LogP contribution in [0.25, 0.3) is 0 Å². The molecule has 1 fully saturated rings. The van der Waals surface area contributed by atoms with E-state index in [-0.39, 0.29) is 10.6 Å². The summed E-state index contributed by atoms with van der Waals surface area (Å²) in [5.41, 5.74) is 0. The fraction of sp³-hybridized carbons (Fsp3) is 0.571. The van der Waals surface area contributed by atoms with Crippen LogP contribution in [-0.2, 0) is 10.0 Å². The van der Waals surface area contributed by atoms with Gasteiger partial charge in [-0.25, -0.2) is 13.1 Å². The maximum Gasteiger partial charge on any atom is 0.244 e. The minimum Gasteiger partial charge on any atom is -0.497 e. The molecule has 1 aliphatic rings. The number of rotatable bonds is 5. The first-order valence-electron chi connectivity index (χ1n) is 6.90. The van der Waals surface area contributed by atoms with Gasteiger partial charge in [0.1, 0.15) is 16.4 Å². The molecule has 2 rings (SSSR count). The van der Waals surface area contributed by atoms with Crippen molar-refractivity contribution in [1.29, 1.82) is 0 Å². The van der Waals surface area contributed by atoms with E-state index in [9.17, 15) is 13.5 Å². The van der Waals surface area contributed by atoms with Crippen LogP contribution in [0.15, 0.2) is 23.1 Å². The van der Waals surface area contributed by atoms with Crippen molar-refractivity contribution in [3.05, 3.63) is 18.2 Å². The van der Waals surface area contributed by atoms with E-state index in [1.807, 2.05) is 0 Å². The fourth-order valence-electron chi connectivity index (χ4n) is 2.51. The number of aliphatic hydroxyl groups is 1. The van der Waals surface area contributed by atoms with Crippen LogP contribution in [0.5, 0.6) is 11.5 Å². The molecule has 1 aliphatic carbocycles. The van der Waals surface area contributed by atoms with Gasteiger partial charge in [-0.15, -0.1) is 0 Å². The SMILES string of the molecule is COc1ccc(S(=O)(=O)N[C@H]2CCCC[C@@H]2O)c(OC)c1. The minimum atomic E-state index is -3.75. The summed E-state index contributed by atoms with van der Waals surface area (Å²) >= 11 is 0. The van der Waals surface area contributed by atoms with Crippen molar-refractivity contribution in [3.63, 3.8) is 0 Å². The molecule has 0 unspecified atom stereocenters. The van der Waals surface area contributed by atoms with Crippen molar-refractivity contribution in [2.45, 2.75) is 42.7 Å². The first kappa shape index (κ1) is 16.1. The zero-order valence-electron chi connectivity index (χ0n) is 12.2. The highest BCUT2D eigenvalue weighted by Gasteiger charge is 2.29. The predicted octanol–water partition coefficient (Wildman–Crippen LogP) is 1.29. The quantitative estimate of drug-likeness (QED) is 0.855. The summed E-state index contributed by atoms with van der Waals surface area (Å²) in [6.07, 6.45) is 2.44. The molecule has 118 valence electrons. The average Bonchev–Trinajstić information content (AvgIpc) is 2.48. The predicted molar refractivity (Wildman–Crippen MR) is 78.1 cm³/mol. The third-order valence-corrected chi connectivity index (χ3v) is 5.23. The number of sulfonamides is 1. The first-order valence-corrected chi connectivity index (χ1v) is 8.38. The van der Waals surface area contributed by atoms with Crippen molar-refractivity contribution < 1.29 is 23.0 Å². The van der Waals surface area contributed by atoms with E-state index >= 15 is 0 Å². The fourth-order valence-corrected chi connectivity index (χ4v) is 3.96. The lowest BCUT2D eigenvalue weighted by molar-refractivity contribution is 0.101. The number of nitrogens with one attached hydrogen (secondary N) is 1. The molecule has 0 bridgehead atoms. The number of benzene rings is 1. The van der Waals surface area contributed by atoms with Crippen LogP contribution in [-0.4, -0.2) is 39.9 Å². The number of hydrogen-bond acceptors (Lipinski definition) is 5. The minimum absolute atomic E-state index is 0.0450. The Morgan fingerprint density at radius 1 is 1.19 bits per heavy atom. The zero-order valence-corrected chi connectivity index (χ0v) is 13.0. The average molecular weight is 315 g/mol. The number of aliphatic hydroxyl groups excluding tert-OH is 1. The summed E-state index contributed by atoms with van der Waals surface area (Å²) < 4.78 is 37.7. The highest BCUT2D eigenvalue weighted by Crippen LogP contribution is 2.29. The van der Waals surface area contributed by atoms with Gasteiger partial charge in [0.2, 0.25) is 10.0 Å². The normalized spacial score (nSPS) is 22.8. The first-order chi connectivity index (χ1) is 9.97. The third kappa shape index (κ3) is 3.66. The second-order valence-corrected chi connectivity index (χ2v) is 6.78. The van der Waals surface area contributed by atoms with Crippen molar-refractivity contribution in [2.75, 3.05) is 14.2 Å². The summed E-state index contributed by atoms with van der Waals surface area (Å²) in [7, 11) is -0.846. The van der Waals surface area contributed by atoms with Gasteiger partial charge in [-0.3, -0.25) is 0 Å². The van der Waals surface area contributed by atoms with Gasteiger partial charge in [-0.1, -0.05) is 12.8 Å². The summed E-state index contributed by atoms with van der Waals surface area (Å²) in [5, 5.41) is 9.91. The maximum absolute atomic E-state index is 12.5. The van der Waals surface area contributed by atoms with Gasteiger partial charge in [0.25, 0.3) is 0 Å². The lowest BCUT2D eigenvalue weighted by Crippen LogP contribution is -2.45. The van der Waals surface area contributed by atoms with E-state index in [2.05, 4.69) is 4.72 Å². The molecule has 0 aromatic heterocycles. The van der Waals surface area contributed by atoms with Gasteiger partial charge in [0.15, 0.2) is 0 Å². The lowest BCUT2D eigenvalue weighted by atomic mass is 9.93. The van der Waals surface area contributed by atoms with E-state index in [1.54, 1.807) is 6.07 Å². The van der Waals surface area contributed by atoms with Crippen molar-refractivity contribution in [3.8, 4) is 11.5 Å². The summed E-state index contributed by atoms with van der Waals surface area (Å²) in [4.78, 5) is 0.0450. The Balaban J connectivity index is 2.26. The van der Waals surface area contributed by atoms with Gasteiger partial charge >= 0.3 is 0 Å². The van der Waals surface area contributed by atoms with E-state index in [0.717, 1.165) is 12.8 Å². The van der Waals surface area contributed by atoms with Crippen LogP contribution in [0, 0.1) is 0 Å². The zero-order chi connectivity index (χ0) is 15.5. The lowest BCUT2D eigenvalue weighted by Gasteiger charge is -2.28. The van der Waals surface area contributed by atoms with Crippen LogP contribution >= 0.6 is 0 Å². The molecule has 0 amide bonds. The molecule has 0 saturated heterocycles. The van der Waals surface area contributed by atoms with Gasteiger partial charge in [0, 0.05) is 12.1 Å². The Kier molecular flexibility index (Phi) is 5.08. The smallest absolute Gasteiger partial charge is 0.244 e. The largest absolute Gasteiger partial charge is 0.497 e. The molecule has 0 spiro atoms. The van der Waals surface area contributed by atoms with E-state index < -0.39 is 22.2 Å². The molecule has 0 radical (unpaired) electrons. The summed E-state index contributed by atoms with van der Waals surface area (Å²) in [5.74, 6) is 0.732. The Morgan fingerprint density at radius 3 is 2.52 bits per heavy atom. The van der Waals surface area contributed by atoms with E-state index in [0.29, 0.717) is 18.6 Å². The standard InChI is InChI=1S/C14H21NO5S/c1-19-10-7-8-14(13(9-10)20-2)21(17,18)15-11-5-3-4-6-12(11)16/h7-9,11-12,15-16H,3-6H2,1-2H3/t11-,12-/m0/s1. The van der Waals surface area contributed by atoms with E-state index in [4.69, 9.17) is 9.47 Å². The number of hydrogen-bond donors (Lipinski definition) is 2. The molecule has 0 aliphatic heterocycles. The van der Waals surface area contributed by atoms with Crippen LogP contribution in [0.1, 0.15) is 25.7 Å². The number of methoxy groups -OCH3 is 2. The molecule has 1 aromatic carbocycles. The summed E-state index contributed by atoms with van der Waals surface area (Å²) in [6.45, 7) is 0. The molecule has 21 heavy (non-hydrogen) atoms. The molecule has 6 nitrogen and oxygen atoms in total. The highest BCUT2D eigenvalue weighted by atomic mass is 32.2. The second-order valence-electron chi connectivity index (χ2n) is 5.10. The van der Waals surface area contributed by atoms with Crippen LogP contribution in [0.4, 0.5) is 0 Å². The Labute approximate surface area is 125 Å². The van der Waals surface area contributed by atoms with Gasteiger partial charge in [0.05, 0.1) is 20.3 Å². The van der Waals surface area contributed by atoms with Crippen molar-refractivity contribution in [1.82, 2.24) is 4.72 Å². The Bertz CT molecular complexity index is 587. The molecule has 0 heterocycles. The second kappa shape index (κ2) is 6.64. The van der Waals surface area contributed by atoms with Crippen molar-refractivity contribution in [2.24, 2.45) is 0 Å². The Hall–Kier alpha value is -1.31. The van der Waals surface area contributed by atoms with Crippen molar-refractivity contribution >= 4 is 10.0 Å². The van der Waals surface area contributed by atoms with Crippen LogP contribution in [0.3, 0.4) is 0 Å². The van der Waals surface area contributed by atoms with Crippen LogP contribution < -0.4 is 14.2 Å². The molecule has 1 saturated carbocycles. The molecule has 1 aromatic rings. The van der Waals surface area contributed by atoms with Gasteiger partial charge < -0.3 is 14.6 Å². The topological polar surface area (TPSA) is 84.9 Å². The number of ether oxygens (including phenoxy) is 2. The maximum atomic E-state index is 12.5. The monoisotopic (exact) mass is 315 g/mol. The molecular formula is C14H21NO5S. The Morgan fingerprint density at radius 2 is 1.90 bits per heavy atom. The van der Waals surface area contributed by atoms with Crippen LogP contribution in [0.2, 0.25) is 0 Å². The molecule has 2 N–H and O–H groups in total. The molecule has 7 heteroatoms. The van der Waals surface area contributed by atoms with E-state index in [1.165, 1.54) is 26.4 Å².